The number of amides is 2. The summed E-state index contributed by atoms with van der Waals surface area (Å²) in [5.41, 5.74) is 15.2. The monoisotopic (exact) mass is 319 g/mol. The molecule has 0 spiro atoms. The number of piperidine rings is 1. The SMILES string of the molecule is NC(=O)N(/C=C\CNO)c1ccc(CN2CCC(N)CC2)cc1. The molecular formula is C16H25N5O2. The number of rotatable bonds is 6. The average Bonchev–Trinajstić information content (AvgIpc) is 2.54. The molecule has 0 saturated carbocycles. The minimum Gasteiger partial charge on any atom is -0.351 e. The van der Waals surface area contributed by atoms with Crippen LogP contribution in [0, 0.1) is 0 Å². The van der Waals surface area contributed by atoms with Crippen LogP contribution in [0.25, 0.3) is 0 Å². The number of hydrogen-bond acceptors (Lipinski definition) is 5. The van der Waals surface area contributed by atoms with E-state index in [9.17, 15) is 4.79 Å². The first kappa shape index (κ1) is 17.4. The highest BCUT2D eigenvalue weighted by Crippen LogP contribution is 2.18. The van der Waals surface area contributed by atoms with Crippen molar-refractivity contribution in [1.29, 1.82) is 0 Å². The third kappa shape index (κ3) is 5.33. The number of nitrogens with two attached hydrogens (primary N) is 2. The van der Waals surface area contributed by atoms with Gasteiger partial charge >= 0.3 is 6.03 Å². The van der Waals surface area contributed by atoms with Crippen molar-refractivity contribution in [3.8, 4) is 0 Å². The van der Waals surface area contributed by atoms with Crippen molar-refractivity contribution >= 4 is 11.7 Å². The molecule has 7 nitrogen and oxygen atoms in total. The highest BCUT2D eigenvalue weighted by atomic mass is 16.5. The van der Waals surface area contributed by atoms with Gasteiger partial charge in [0.05, 0.1) is 5.69 Å². The number of hydroxylamine groups is 1. The van der Waals surface area contributed by atoms with Crippen molar-refractivity contribution in [2.75, 3.05) is 24.5 Å². The third-order valence-electron chi connectivity index (χ3n) is 3.95. The van der Waals surface area contributed by atoms with Crippen LogP contribution in [0.15, 0.2) is 36.5 Å². The highest BCUT2D eigenvalue weighted by molar-refractivity contribution is 5.92. The van der Waals surface area contributed by atoms with Crippen molar-refractivity contribution in [2.24, 2.45) is 11.5 Å². The third-order valence-corrected chi connectivity index (χ3v) is 3.95. The zero-order valence-electron chi connectivity index (χ0n) is 13.2. The maximum Gasteiger partial charge on any atom is 0.323 e. The summed E-state index contributed by atoms with van der Waals surface area (Å²) < 4.78 is 0. The van der Waals surface area contributed by atoms with Gasteiger partial charge in [0.1, 0.15) is 0 Å². The van der Waals surface area contributed by atoms with Crippen molar-refractivity contribution < 1.29 is 10.0 Å². The zero-order chi connectivity index (χ0) is 16.7. The lowest BCUT2D eigenvalue weighted by atomic mass is 10.1. The molecule has 0 bridgehead atoms. The van der Waals surface area contributed by atoms with Gasteiger partial charge in [-0.05, 0) is 43.6 Å². The van der Waals surface area contributed by atoms with Gasteiger partial charge in [0.2, 0.25) is 0 Å². The van der Waals surface area contributed by atoms with Gasteiger partial charge < -0.3 is 16.7 Å². The second kappa shape index (κ2) is 8.64. The number of anilines is 1. The van der Waals surface area contributed by atoms with Gasteiger partial charge in [0.25, 0.3) is 0 Å². The summed E-state index contributed by atoms with van der Waals surface area (Å²) in [7, 11) is 0. The molecule has 0 atom stereocenters. The Hall–Kier alpha value is -1.93. The molecule has 1 heterocycles. The highest BCUT2D eigenvalue weighted by Gasteiger charge is 2.16. The number of likely N-dealkylation sites (tertiary alicyclic amines) is 1. The van der Waals surface area contributed by atoms with Gasteiger partial charge in [0.15, 0.2) is 0 Å². The minimum absolute atomic E-state index is 0.235. The van der Waals surface area contributed by atoms with E-state index in [1.807, 2.05) is 29.7 Å². The Morgan fingerprint density at radius 3 is 2.57 bits per heavy atom. The minimum atomic E-state index is -0.572. The maximum atomic E-state index is 11.5. The lowest BCUT2D eigenvalue weighted by Gasteiger charge is -2.30. The molecule has 6 N–H and O–H groups in total. The average molecular weight is 319 g/mol. The molecule has 0 aromatic heterocycles. The number of carbonyl (C=O) groups is 1. The van der Waals surface area contributed by atoms with Crippen molar-refractivity contribution in [1.82, 2.24) is 10.4 Å². The summed E-state index contributed by atoms with van der Waals surface area (Å²) in [6.45, 7) is 3.16. The normalized spacial score (nSPS) is 16.8. The van der Waals surface area contributed by atoms with Crippen LogP contribution in [-0.2, 0) is 6.54 Å². The van der Waals surface area contributed by atoms with Crippen LogP contribution < -0.4 is 21.8 Å². The Morgan fingerprint density at radius 2 is 2.00 bits per heavy atom. The van der Waals surface area contributed by atoms with Gasteiger partial charge in [0, 0.05) is 25.3 Å². The molecule has 1 fully saturated rings. The van der Waals surface area contributed by atoms with Crippen LogP contribution in [0.5, 0.6) is 0 Å². The van der Waals surface area contributed by atoms with Crippen molar-refractivity contribution in [2.45, 2.75) is 25.4 Å². The Bertz CT molecular complexity index is 524. The van der Waals surface area contributed by atoms with E-state index in [0.29, 0.717) is 11.7 Å². The molecule has 0 unspecified atom stereocenters. The molecule has 23 heavy (non-hydrogen) atoms. The summed E-state index contributed by atoms with van der Waals surface area (Å²) in [6, 6.07) is 7.49. The van der Waals surface area contributed by atoms with E-state index in [1.54, 1.807) is 6.08 Å². The zero-order valence-corrected chi connectivity index (χ0v) is 13.2. The predicted octanol–water partition coefficient (Wildman–Crippen LogP) is 0.987. The van der Waals surface area contributed by atoms with Gasteiger partial charge in [-0.2, -0.15) is 0 Å². The van der Waals surface area contributed by atoms with Crippen LogP contribution in [0.2, 0.25) is 0 Å². The topological polar surface area (TPSA) is 108 Å². The first-order valence-electron chi connectivity index (χ1n) is 7.79. The lowest BCUT2D eigenvalue weighted by Crippen LogP contribution is -2.39. The first-order chi connectivity index (χ1) is 11.1. The number of benzene rings is 1. The fourth-order valence-electron chi connectivity index (χ4n) is 2.63. The van der Waals surface area contributed by atoms with E-state index in [2.05, 4.69) is 4.90 Å². The lowest BCUT2D eigenvalue weighted by molar-refractivity contribution is 0.179. The number of carbonyl (C=O) groups excluding carboxylic acids is 1. The first-order valence-corrected chi connectivity index (χ1v) is 7.79. The molecule has 0 radical (unpaired) electrons. The maximum absolute atomic E-state index is 11.5. The van der Waals surface area contributed by atoms with Crippen LogP contribution in [0.3, 0.4) is 0 Å². The standard InChI is InChI=1S/C16H25N5O2/c17-14-6-10-20(11-7-14)12-13-2-4-15(5-3-13)21(16(18)22)9-1-8-19-23/h1-5,9,14,19,23H,6-8,10-12,17H2,(H2,18,22)/b9-1-. The van der Waals surface area contributed by atoms with Crippen LogP contribution >= 0.6 is 0 Å². The number of urea groups is 1. The number of primary amides is 1. The van der Waals surface area contributed by atoms with Crippen molar-refractivity contribution in [3.63, 3.8) is 0 Å². The fraction of sp³-hybridized carbons (Fsp3) is 0.438. The van der Waals surface area contributed by atoms with E-state index < -0.39 is 6.03 Å². The number of nitrogens with one attached hydrogen (secondary N) is 1. The summed E-state index contributed by atoms with van der Waals surface area (Å²) in [5.74, 6) is 0. The molecule has 126 valence electrons. The molecule has 0 aliphatic carbocycles. The van der Waals surface area contributed by atoms with E-state index in [0.717, 1.165) is 32.5 Å². The quantitative estimate of drug-likeness (QED) is 0.585. The summed E-state index contributed by atoms with van der Waals surface area (Å²) in [5, 5.41) is 8.55. The van der Waals surface area contributed by atoms with Crippen molar-refractivity contribution in [3.05, 3.63) is 42.1 Å². The Labute approximate surface area is 136 Å². The van der Waals surface area contributed by atoms with Crippen LogP contribution in [-0.4, -0.2) is 41.8 Å². The van der Waals surface area contributed by atoms with Gasteiger partial charge in [-0.1, -0.05) is 18.2 Å². The van der Waals surface area contributed by atoms with E-state index >= 15 is 0 Å². The number of hydrogen-bond donors (Lipinski definition) is 4. The molecular weight excluding hydrogens is 294 g/mol. The molecule has 7 heteroatoms. The van der Waals surface area contributed by atoms with Gasteiger partial charge in [-0.15, -0.1) is 0 Å². The Balaban J connectivity index is 1.98. The molecule has 2 amide bonds. The van der Waals surface area contributed by atoms with E-state index in [4.69, 9.17) is 16.7 Å². The molecule has 1 aromatic carbocycles. The summed E-state index contributed by atoms with van der Waals surface area (Å²) in [4.78, 5) is 15.2. The molecule has 1 aromatic rings. The number of nitrogens with zero attached hydrogens (tertiary/aromatic N) is 2. The summed E-state index contributed by atoms with van der Waals surface area (Å²) >= 11 is 0. The largest absolute Gasteiger partial charge is 0.351 e. The molecule has 1 saturated heterocycles. The van der Waals surface area contributed by atoms with Crippen LogP contribution in [0.1, 0.15) is 18.4 Å². The smallest absolute Gasteiger partial charge is 0.323 e. The second-order valence-electron chi connectivity index (χ2n) is 5.74. The molecule has 1 aliphatic rings. The Kier molecular flexibility index (Phi) is 6.54. The van der Waals surface area contributed by atoms with Gasteiger partial charge in [-0.25, -0.2) is 10.3 Å². The second-order valence-corrected chi connectivity index (χ2v) is 5.74. The van der Waals surface area contributed by atoms with E-state index in [1.165, 1.54) is 16.7 Å². The van der Waals surface area contributed by atoms with E-state index in [-0.39, 0.29) is 6.54 Å². The fourth-order valence-corrected chi connectivity index (χ4v) is 2.63. The summed E-state index contributed by atoms with van der Waals surface area (Å²) in [6.07, 6.45) is 5.22. The molecule has 1 aliphatic heterocycles. The predicted molar refractivity (Wildman–Crippen MR) is 89.9 cm³/mol. The molecule has 2 rings (SSSR count). The van der Waals surface area contributed by atoms with Gasteiger partial charge in [-0.3, -0.25) is 9.80 Å². The Morgan fingerprint density at radius 1 is 1.35 bits per heavy atom. The van der Waals surface area contributed by atoms with Crippen LogP contribution in [0.4, 0.5) is 10.5 Å².